The van der Waals surface area contributed by atoms with Gasteiger partial charge in [-0.1, -0.05) is 50.7 Å². The van der Waals surface area contributed by atoms with Gasteiger partial charge >= 0.3 is 0 Å². The van der Waals surface area contributed by atoms with Gasteiger partial charge in [0.2, 0.25) is 11.1 Å². The Morgan fingerprint density at radius 2 is 1.97 bits per heavy atom. The molecule has 1 saturated carbocycles. The van der Waals surface area contributed by atoms with E-state index in [1.54, 1.807) is 4.68 Å². The standard InChI is InChI=1S/C20H25N7OS/c1-13(29-19-22-24-25-27(19)15-10-11-15)18(28)21-17-12-16(20(2,3)4)23-26(17)14-8-6-5-7-9-14/h5-9,12-13,15H,10-11H2,1-4H3,(H,21,28)/t13-/m0/s1. The number of hydrogen-bond acceptors (Lipinski definition) is 6. The molecule has 1 aromatic carbocycles. The number of hydrogen-bond donors (Lipinski definition) is 1. The normalized spacial score (nSPS) is 15.3. The lowest BCUT2D eigenvalue weighted by molar-refractivity contribution is -0.115. The largest absolute Gasteiger partial charge is 0.310 e. The predicted molar refractivity (Wildman–Crippen MR) is 112 cm³/mol. The molecule has 0 bridgehead atoms. The van der Waals surface area contributed by atoms with E-state index in [4.69, 9.17) is 5.10 Å². The highest BCUT2D eigenvalue weighted by Crippen LogP contribution is 2.37. The molecule has 29 heavy (non-hydrogen) atoms. The first kappa shape index (κ1) is 19.6. The fourth-order valence-corrected chi connectivity index (χ4v) is 3.71. The van der Waals surface area contributed by atoms with E-state index in [9.17, 15) is 4.79 Å². The molecule has 152 valence electrons. The SMILES string of the molecule is C[C@H](Sc1nnnn1C1CC1)C(=O)Nc1cc(C(C)(C)C)nn1-c1ccccc1. The first-order valence-electron chi connectivity index (χ1n) is 9.74. The summed E-state index contributed by atoms with van der Waals surface area (Å²) in [5.74, 6) is 0.540. The van der Waals surface area contributed by atoms with E-state index in [0.29, 0.717) is 17.0 Å². The van der Waals surface area contributed by atoms with Crippen LogP contribution >= 0.6 is 11.8 Å². The van der Waals surface area contributed by atoms with Crippen LogP contribution in [0.3, 0.4) is 0 Å². The second kappa shape index (κ2) is 7.62. The van der Waals surface area contributed by atoms with Crippen LogP contribution in [0.4, 0.5) is 5.82 Å². The van der Waals surface area contributed by atoms with E-state index < -0.39 is 0 Å². The first-order valence-corrected chi connectivity index (χ1v) is 10.6. The molecule has 8 nitrogen and oxygen atoms in total. The number of nitrogens with zero attached hydrogens (tertiary/aromatic N) is 6. The Balaban J connectivity index is 1.55. The zero-order chi connectivity index (χ0) is 20.6. The van der Waals surface area contributed by atoms with Crippen molar-refractivity contribution < 1.29 is 4.79 Å². The van der Waals surface area contributed by atoms with Crippen molar-refractivity contribution in [3.05, 3.63) is 42.1 Å². The van der Waals surface area contributed by atoms with Gasteiger partial charge in [-0.25, -0.2) is 9.36 Å². The average Bonchev–Trinajstić information content (AvgIpc) is 3.26. The molecular formula is C20H25N7OS. The van der Waals surface area contributed by atoms with Crippen LogP contribution in [0.2, 0.25) is 0 Å². The maximum atomic E-state index is 12.9. The number of benzene rings is 1. The third-order valence-corrected chi connectivity index (χ3v) is 5.78. The molecule has 0 radical (unpaired) electrons. The van der Waals surface area contributed by atoms with E-state index >= 15 is 0 Å². The fraction of sp³-hybridized carbons (Fsp3) is 0.450. The fourth-order valence-electron chi connectivity index (χ4n) is 2.85. The Morgan fingerprint density at radius 3 is 2.62 bits per heavy atom. The van der Waals surface area contributed by atoms with Crippen molar-refractivity contribution in [1.82, 2.24) is 30.0 Å². The first-order chi connectivity index (χ1) is 13.8. The average molecular weight is 412 g/mol. The summed E-state index contributed by atoms with van der Waals surface area (Å²) in [5.41, 5.74) is 1.68. The summed E-state index contributed by atoms with van der Waals surface area (Å²) >= 11 is 1.37. The number of rotatable bonds is 6. The van der Waals surface area contributed by atoms with Crippen LogP contribution in [0.15, 0.2) is 41.6 Å². The van der Waals surface area contributed by atoms with Crippen molar-refractivity contribution in [2.24, 2.45) is 0 Å². The Morgan fingerprint density at radius 1 is 1.24 bits per heavy atom. The molecule has 1 N–H and O–H groups in total. The molecule has 0 aliphatic heterocycles. The zero-order valence-corrected chi connectivity index (χ0v) is 17.8. The molecule has 1 aliphatic rings. The van der Waals surface area contributed by atoms with Crippen LogP contribution in [0.5, 0.6) is 0 Å². The number of amides is 1. The second-order valence-electron chi connectivity index (χ2n) is 8.30. The zero-order valence-electron chi connectivity index (χ0n) is 17.0. The highest BCUT2D eigenvalue weighted by atomic mass is 32.2. The highest BCUT2D eigenvalue weighted by Gasteiger charge is 2.30. The minimum atomic E-state index is -0.351. The van der Waals surface area contributed by atoms with Gasteiger partial charge in [-0.2, -0.15) is 5.10 Å². The lowest BCUT2D eigenvalue weighted by atomic mass is 9.92. The number of carbonyl (C=O) groups is 1. The monoisotopic (exact) mass is 411 g/mol. The van der Waals surface area contributed by atoms with Crippen LogP contribution in [0.1, 0.15) is 52.3 Å². The van der Waals surface area contributed by atoms with Gasteiger partial charge in [0.15, 0.2) is 0 Å². The topological polar surface area (TPSA) is 90.5 Å². The molecule has 2 aromatic heterocycles. The Labute approximate surface area is 174 Å². The van der Waals surface area contributed by atoms with Gasteiger partial charge in [0.1, 0.15) is 5.82 Å². The number of aromatic nitrogens is 6. The number of tetrazole rings is 1. The van der Waals surface area contributed by atoms with Crippen molar-refractivity contribution in [3.63, 3.8) is 0 Å². The van der Waals surface area contributed by atoms with E-state index in [-0.39, 0.29) is 16.6 Å². The van der Waals surface area contributed by atoms with Gasteiger partial charge in [0, 0.05) is 11.5 Å². The number of anilines is 1. The van der Waals surface area contributed by atoms with Gasteiger partial charge in [-0.3, -0.25) is 4.79 Å². The molecule has 1 aliphatic carbocycles. The molecule has 2 heterocycles. The van der Waals surface area contributed by atoms with E-state index in [1.807, 2.05) is 48.0 Å². The van der Waals surface area contributed by atoms with E-state index in [2.05, 4.69) is 41.6 Å². The Kier molecular flexibility index (Phi) is 5.16. The van der Waals surface area contributed by atoms with Gasteiger partial charge in [-0.15, -0.1) is 5.10 Å². The number of para-hydroxylation sites is 1. The molecule has 1 fully saturated rings. The smallest absolute Gasteiger partial charge is 0.238 e. The molecule has 3 aromatic rings. The third kappa shape index (κ3) is 4.34. The van der Waals surface area contributed by atoms with Gasteiger partial charge in [0.05, 0.1) is 22.7 Å². The summed E-state index contributed by atoms with van der Waals surface area (Å²) in [6.45, 7) is 8.17. The lowest BCUT2D eigenvalue weighted by Crippen LogP contribution is -2.24. The molecule has 0 unspecified atom stereocenters. The molecular weight excluding hydrogens is 386 g/mol. The van der Waals surface area contributed by atoms with E-state index in [1.165, 1.54) is 11.8 Å². The van der Waals surface area contributed by atoms with Crippen LogP contribution in [-0.2, 0) is 10.2 Å². The summed E-state index contributed by atoms with van der Waals surface area (Å²) in [6.07, 6.45) is 2.18. The maximum absolute atomic E-state index is 12.9. The number of thioether (sulfide) groups is 1. The maximum Gasteiger partial charge on any atom is 0.238 e. The molecule has 0 saturated heterocycles. The van der Waals surface area contributed by atoms with Crippen molar-refractivity contribution in [2.75, 3.05) is 5.32 Å². The Bertz CT molecular complexity index is 1000. The van der Waals surface area contributed by atoms with Crippen molar-refractivity contribution >= 4 is 23.5 Å². The van der Waals surface area contributed by atoms with Crippen molar-refractivity contribution in [2.45, 2.75) is 62.4 Å². The number of nitrogens with one attached hydrogen (secondary N) is 1. The summed E-state index contributed by atoms with van der Waals surface area (Å²) in [7, 11) is 0. The van der Waals surface area contributed by atoms with Gasteiger partial charge in [0.25, 0.3) is 0 Å². The third-order valence-electron chi connectivity index (χ3n) is 4.74. The highest BCUT2D eigenvalue weighted by molar-refractivity contribution is 8.00. The van der Waals surface area contributed by atoms with Crippen molar-refractivity contribution in [1.29, 1.82) is 0 Å². The molecule has 0 spiro atoms. The number of carbonyl (C=O) groups excluding carboxylic acids is 1. The van der Waals surface area contributed by atoms with Crippen LogP contribution < -0.4 is 5.32 Å². The predicted octanol–water partition coefficient (Wildman–Crippen LogP) is 3.61. The second-order valence-corrected chi connectivity index (χ2v) is 9.61. The summed E-state index contributed by atoms with van der Waals surface area (Å²) < 4.78 is 3.60. The van der Waals surface area contributed by atoms with Crippen LogP contribution in [-0.4, -0.2) is 41.1 Å². The van der Waals surface area contributed by atoms with Crippen LogP contribution in [0.25, 0.3) is 5.69 Å². The summed E-state index contributed by atoms with van der Waals surface area (Å²) in [4.78, 5) is 12.9. The van der Waals surface area contributed by atoms with E-state index in [0.717, 1.165) is 24.2 Å². The lowest BCUT2D eigenvalue weighted by Gasteiger charge is -2.14. The quantitative estimate of drug-likeness (QED) is 0.623. The van der Waals surface area contributed by atoms with Crippen molar-refractivity contribution in [3.8, 4) is 5.69 Å². The molecule has 4 rings (SSSR count). The summed E-state index contributed by atoms with van der Waals surface area (Å²) in [5, 5.41) is 20.0. The summed E-state index contributed by atoms with van der Waals surface area (Å²) in [6, 6.07) is 12.1. The minimum absolute atomic E-state index is 0.113. The molecule has 9 heteroatoms. The van der Waals surface area contributed by atoms with Crippen LogP contribution in [0, 0.1) is 0 Å². The van der Waals surface area contributed by atoms with Gasteiger partial charge in [-0.05, 0) is 42.3 Å². The molecule has 1 atom stereocenters. The minimum Gasteiger partial charge on any atom is -0.310 e. The van der Waals surface area contributed by atoms with Gasteiger partial charge < -0.3 is 5.32 Å². The Hall–Kier alpha value is -2.68. The molecule has 1 amide bonds.